The third-order valence-corrected chi connectivity index (χ3v) is 2.76. The summed E-state index contributed by atoms with van der Waals surface area (Å²) in [4.78, 5) is 0. The molecule has 82 valence electrons. The van der Waals surface area contributed by atoms with E-state index in [-0.39, 0.29) is 12.7 Å². The maximum absolute atomic E-state index is 9.06. The predicted octanol–water partition coefficient (Wildman–Crippen LogP) is 0.874. The Morgan fingerprint density at radius 2 is 2.33 bits per heavy atom. The molecule has 0 bridgehead atoms. The minimum atomic E-state index is -0.0565. The molecule has 2 rings (SSSR count). The highest BCUT2D eigenvalue weighted by atomic mass is 16.5. The van der Waals surface area contributed by atoms with Crippen LogP contribution in [0.1, 0.15) is 17.5 Å². The number of ether oxygens (including phenoxy) is 1. The van der Waals surface area contributed by atoms with Crippen LogP contribution >= 0.6 is 0 Å². The lowest BCUT2D eigenvalue weighted by Gasteiger charge is -2.09. The molecule has 1 unspecified atom stereocenters. The van der Waals surface area contributed by atoms with Crippen molar-refractivity contribution in [2.24, 2.45) is 5.73 Å². The molecular weight excluding hydrogens is 190 g/mol. The van der Waals surface area contributed by atoms with Crippen LogP contribution in [0.2, 0.25) is 0 Å². The Balaban J connectivity index is 2.17. The smallest absolute Gasteiger partial charge is 0.126 e. The highest BCUT2D eigenvalue weighted by molar-refractivity contribution is 5.44. The van der Waals surface area contributed by atoms with Crippen molar-refractivity contribution < 1.29 is 9.84 Å². The molecule has 1 aromatic rings. The van der Waals surface area contributed by atoms with Gasteiger partial charge in [-0.15, -0.1) is 0 Å². The number of aliphatic hydroxyl groups is 1. The van der Waals surface area contributed by atoms with Crippen molar-refractivity contribution in [1.82, 2.24) is 0 Å². The number of aliphatic hydroxyl groups excluding tert-OH is 1. The Hall–Kier alpha value is -1.06. The second kappa shape index (κ2) is 4.64. The number of aryl methyl sites for hydroxylation is 1. The maximum Gasteiger partial charge on any atom is 0.126 e. The molecule has 3 N–H and O–H groups in total. The van der Waals surface area contributed by atoms with Gasteiger partial charge in [-0.2, -0.15) is 0 Å². The summed E-state index contributed by atoms with van der Waals surface area (Å²) in [6, 6.07) is 6.19. The molecular formula is C12H17NO2. The molecule has 1 atom stereocenters. The second-order valence-corrected chi connectivity index (χ2v) is 3.92. The Kier molecular flexibility index (Phi) is 3.23. The fourth-order valence-corrected chi connectivity index (χ4v) is 1.99. The molecule has 1 aliphatic rings. The number of hydrogen-bond acceptors (Lipinski definition) is 3. The summed E-state index contributed by atoms with van der Waals surface area (Å²) in [5.41, 5.74) is 7.92. The van der Waals surface area contributed by atoms with E-state index in [2.05, 4.69) is 12.1 Å². The molecule has 0 fully saturated rings. The quantitative estimate of drug-likeness (QED) is 0.770. The minimum Gasteiger partial charge on any atom is -0.487 e. The molecule has 1 aliphatic heterocycles. The van der Waals surface area contributed by atoms with Crippen LogP contribution in [0.3, 0.4) is 0 Å². The summed E-state index contributed by atoms with van der Waals surface area (Å²) in [5, 5.41) is 9.06. The zero-order chi connectivity index (χ0) is 10.7. The summed E-state index contributed by atoms with van der Waals surface area (Å²) in [5.74, 6) is 0.977. The third kappa shape index (κ3) is 2.13. The topological polar surface area (TPSA) is 55.5 Å². The average Bonchev–Trinajstić information content (AvgIpc) is 2.69. The van der Waals surface area contributed by atoms with Crippen molar-refractivity contribution in [3.05, 3.63) is 29.3 Å². The van der Waals surface area contributed by atoms with Crippen LogP contribution in [0.4, 0.5) is 0 Å². The molecule has 15 heavy (non-hydrogen) atoms. The van der Waals surface area contributed by atoms with Crippen molar-refractivity contribution in [3.8, 4) is 5.75 Å². The number of hydrogen-bond donors (Lipinski definition) is 2. The van der Waals surface area contributed by atoms with Crippen LogP contribution in [0.25, 0.3) is 0 Å². The van der Waals surface area contributed by atoms with E-state index in [1.807, 2.05) is 6.07 Å². The number of benzene rings is 1. The largest absolute Gasteiger partial charge is 0.487 e. The van der Waals surface area contributed by atoms with E-state index in [9.17, 15) is 0 Å². The normalized spacial score (nSPS) is 18.7. The van der Waals surface area contributed by atoms with Gasteiger partial charge in [-0.25, -0.2) is 0 Å². The minimum absolute atomic E-state index is 0.0565. The van der Waals surface area contributed by atoms with Gasteiger partial charge >= 0.3 is 0 Å². The fraction of sp³-hybridized carbons (Fsp3) is 0.500. The maximum atomic E-state index is 9.06. The predicted molar refractivity (Wildman–Crippen MR) is 59.0 cm³/mol. The zero-order valence-corrected chi connectivity index (χ0v) is 8.78. The van der Waals surface area contributed by atoms with E-state index in [0.717, 1.165) is 25.0 Å². The van der Waals surface area contributed by atoms with Gasteiger partial charge in [-0.1, -0.05) is 18.2 Å². The highest BCUT2D eigenvalue weighted by Gasteiger charge is 2.23. The van der Waals surface area contributed by atoms with E-state index >= 15 is 0 Å². The Labute approximate surface area is 89.9 Å². The van der Waals surface area contributed by atoms with E-state index in [4.69, 9.17) is 15.6 Å². The summed E-state index contributed by atoms with van der Waals surface area (Å²) in [7, 11) is 0. The van der Waals surface area contributed by atoms with Crippen molar-refractivity contribution in [3.63, 3.8) is 0 Å². The number of rotatable bonds is 4. The van der Waals surface area contributed by atoms with Crippen LogP contribution < -0.4 is 10.5 Å². The third-order valence-electron chi connectivity index (χ3n) is 2.76. The number of para-hydroxylation sites is 1. The van der Waals surface area contributed by atoms with Gasteiger partial charge in [0, 0.05) is 6.42 Å². The molecule has 0 aliphatic carbocycles. The van der Waals surface area contributed by atoms with Crippen molar-refractivity contribution in [2.75, 3.05) is 13.2 Å². The van der Waals surface area contributed by atoms with Crippen molar-refractivity contribution >= 4 is 0 Å². The first-order valence-corrected chi connectivity index (χ1v) is 5.43. The van der Waals surface area contributed by atoms with Gasteiger partial charge in [0.2, 0.25) is 0 Å². The van der Waals surface area contributed by atoms with Crippen molar-refractivity contribution in [1.29, 1.82) is 0 Å². The van der Waals surface area contributed by atoms with Gasteiger partial charge in [0.15, 0.2) is 0 Å². The summed E-state index contributed by atoms with van der Waals surface area (Å²) >= 11 is 0. The van der Waals surface area contributed by atoms with Gasteiger partial charge in [-0.05, 0) is 30.5 Å². The number of fused-ring (bicyclic) bond motifs is 1. The van der Waals surface area contributed by atoms with Gasteiger partial charge in [0.25, 0.3) is 0 Å². The lowest BCUT2D eigenvalue weighted by molar-refractivity contribution is 0.134. The monoisotopic (exact) mass is 207 g/mol. The molecule has 0 aromatic heterocycles. The molecule has 3 nitrogen and oxygen atoms in total. The zero-order valence-electron chi connectivity index (χ0n) is 8.78. The first-order chi connectivity index (χ1) is 7.35. The molecule has 3 heteroatoms. The fourth-order valence-electron chi connectivity index (χ4n) is 1.99. The summed E-state index contributed by atoms with van der Waals surface area (Å²) in [6.07, 6.45) is 2.70. The van der Waals surface area contributed by atoms with Gasteiger partial charge in [0.05, 0.1) is 6.61 Å². The molecule has 0 saturated heterocycles. The number of nitrogens with two attached hydrogens (primary N) is 1. The highest BCUT2D eigenvalue weighted by Crippen LogP contribution is 2.32. The van der Waals surface area contributed by atoms with Gasteiger partial charge in [0.1, 0.15) is 11.9 Å². The summed E-state index contributed by atoms with van der Waals surface area (Å²) < 4.78 is 5.69. The van der Waals surface area contributed by atoms with Crippen LogP contribution in [-0.2, 0) is 12.8 Å². The van der Waals surface area contributed by atoms with Crippen LogP contribution in [0.15, 0.2) is 18.2 Å². The Morgan fingerprint density at radius 1 is 1.47 bits per heavy atom. The molecule has 0 spiro atoms. The Bertz CT molecular complexity index is 338. The van der Waals surface area contributed by atoms with E-state index in [1.54, 1.807) is 0 Å². The Morgan fingerprint density at radius 3 is 3.07 bits per heavy atom. The van der Waals surface area contributed by atoms with E-state index in [1.165, 1.54) is 11.1 Å². The second-order valence-electron chi connectivity index (χ2n) is 3.92. The lowest BCUT2D eigenvalue weighted by atomic mass is 10.0. The molecule has 0 radical (unpaired) electrons. The first-order valence-electron chi connectivity index (χ1n) is 5.43. The molecule has 0 amide bonds. The SMILES string of the molecule is NCCCc1cccc2c1OC(CO)C2. The molecule has 1 aromatic carbocycles. The molecule has 1 heterocycles. The van der Waals surface area contributed by atoms with Crippen LogP contribution in [-0.4, -0.2) is 24.4 Å². The first kappa shape index (κ1) is 10.5. The van der Waals surface area contributed by atoms with Crippen LogP contribution in [0.5, 0.6) is 5.75 Å². The van der Waals surface area contributed by atoms with E-state index in [0.29, 0.717) is 6.54 Å². The summed E-state index contributed by atoms with van der Waals surface area (Å²) in [6.45, 7) is 0.790. The van der Waals surface area contributed by atoms with E-state index < -0.39 is 0 Å². The van der Waals surface area contributed by atoms with Gasteiger partial charge in [-0.3, -0.25) is 0 Å². The molecule has 0 saturated carbocycles. The van der Waals surface area contributed by atoms with Crippen molar-refractivity contribution in [2.45, 2.75) is 25.4 Å². The average molecular weight is 207 g/mol. The van der Waals surface area contributed by atoms with Gasteiger partial charge < -0.3 is 15.6 Å². The standard InChI is InChI=1S/C12H17NO2/c13-6-2-5-9-3-1-4-10-7-11(8-14)15-12(9)10/h1,3-4,11,14H,2,5-8,13H2. The lowest BCUT2D eigenvalue weighted by Crippen LogP contribution is -2.17. The van der Waals surface area contributed by atoms with Crippen LogP contribution in [0, 0.1) is 0 Å².